The summed E-state index contributed by atoms with van der Waals surface area (Å²) in [4.78, 5) is 8.37. The van der Waals surface area contributed by atoms with Crippen molar-refractivity contribution in [3.8, 4) is 18.2 Å². The first-order valence-corrected chi connectivity index (χ1v) is 7.64. The van der Waals surface area contributed by atoms with Gasteiger partial charge in [0.2, 0.25) is 0 Å². The Morgan fingerprint density at radius 2 is 1.60 bits per heavy atom. The standard InChI is InChI=1S/C17H14BN5O2/c1-16(2)17(3,4)25-18(24-16)12-5-6-13-14(11(12)9-21)23-15(22-13)10(7-19)8-20/h5-6H,1-4H3. The lowest BCUT2D eigenvalue weighted by atomic mass is 9.76. The van der Waals surface area contributed by atoms with Gasteiger partial charge in [-0.25, -0.2) is 9.98 Å². The smallest absolute Gasteiger partial charge is 0.399 e. The number of hydrogen-bond donors (Lipinski definition) is 0. The molecule has 2 aliphatic rings. The highest BCUT2D eigenvalue weighted by atomic mass is 16.7. The first-order chi connectivity index (χ1) is 11.7. The van der Waals surface area contributed by atoms with Gasteiger partial charge in [-0.2, -0.15) is 15.8 Å². The lowest BCUT2D eigenvalue weighted by Crippen LogP contribution is -2.42. The molecule has 0 atom stereocenters. The normalized spacial score (nSPS) is 19.1. The Labute approximate surface area is 145 Å². The summed E-state index contributed by atoms with van der Waals surface area (Å²) in [6.07, 6.45) is 0. The molecule has 25 heavy (non-hydrogen) atoms. The number of allylic oxidation sites excluding steroid dienone is 1. The highest BCUT2D eigenvalue weighted by Crippen LogP contribution is 2.36. The third-order valence-electron chi connectivity index (χ3n) is 4.70. The van der Waals surface area contributed by atoms with Crippen LogP contribution in [0.5, 0.6) is 0 Å². The van der Waals surface area contributed by atoms with Crippen LogP contribution in [0.1, 0.15) is 33.3 Å². The zero-order valence-corrected chi connectivity index (χ0v) is 14.3. The summed E-state index contributed by atoms with van der Waals surface area (Å²) in [5.41, 5.74) is -0.451. The molecule has 1 fully saturated rings. The highest BCUT2D eigenvalue weighted by Gasteiger charge is 2.52. The van der Waals surface area contributed by atoms with E-state index in [1.807, 2.05) is 27.7 Å². The largest absolute Gasteiger partial charge is 0.496 e. The molecule has 0 aromatic heterocycles. The van der Waals surface area contributed by atoms with Gasteiger partial charge in [0.1, 0.15) is 23.6 Å². The molecular weight excluding hydrogens is 317 g/mol. The fourth-order valence-corrected chi connectivity index (χ4v) is 2.56. The van der Waals surface area contributed by atoms with Gasteiger partial charge in [-0.1, -0.05) is 6.07 Å². The molecule has 1 aromatic carbocycles. The van der Waals surface area contributed by atoms with Crippen LogP contribution in [-0.4, -0.2) is 18.3 Å². The van der Waals surface area contributed by atoms with E-state index in [0.717, 1.165) is 0 Å². The van der Waals surface area contributed by atoms with Crippen molar-refractivity contribution in [1.29, 1.82) is 15.8 Å². The first kappa shape index (κ1) is 16.9. The quantitative estimate of drug-likeness (QED) is 0.545. The van der Waals surface area contributed by atoms with E-state index in [4.69, 9.17) is 19.8 Å². The molecule has 0 spiro atoms. The maximum Gasteiger partial charge on any atom is 0.496 e. The average Bonchev–Trinajstić information content (AvgIpc) is 3.06. The minimum atomic E-state index is -0.709. The number of nitriles is 3. The Bertz CT molecular complexity index is 1020. The Morgan fingerprint density at radius 3 is 2.12 bits per heavy atom. The van der Waals surface area contributed by atoms with Crippen LogP contribution in [0.2, 0.25) is 0 Å². The van der Waals surface area contributed by atoms with E-state index in [9.17, 15) is 5.26 Å². The van der Waals surface area contributed by atoms with Crippen molar-refractivity contribution in [3.63, 3.8) is 0 Å². The van der Waals surface area contributed by atoms with E-state index in [0.29, 0.717) is 16.2 Å². The lowest BCUT2D eigenvalue weighted by Gasteiger charge is -2.32. The molecule has 122 valence electrons. The van der Waals surface area contributed by atoms with Gasteiger partial charge < -0.3 is 9.31 Å². The van der Waals surface area contributed by atoms with Gasteiger partial charge >= 0.3 is 7.12 Å². The van der Waals surface area contributed by atoms with Crippen molar-refractivity contribution in [2.75, 3.05) is 0 Å². The van der Waals surface area contributed by atoms with E-state index < -0.39 is 18.3 Å². The number of hydrogen-bond acceptors (Lipinski definition) is 7. The molecule has 0 aliphatic carbocycles. The summed E-state index contributed by atoms with van der Waals surface area (Å²) >= 11 is 0. The monoisotopic (exact) mass is 331 g/mol. The summed E-state index contributed by atoms with van der Waals surface area (Å²) < 4.78 is 12.0. The van der Waals surface area contributed by atoms with Crippen LogP contribution in [0.4, 0.5) is 0 Å². The summed E-state index contributed by atoms with van der Waals surface area (Å²) in [5.74, 6) is 0.0163. The highest BCUT2D eigenvalue weighted by molar-refractivity contribution is 6.62. The Morgan fingerprint density at radius 1 is 1.00 bits per heavy atom. The zero-order chi connectivity index (χ0) is 18.4. The van der Waals surface area contributed by atoms with Gasteiger partial charge in [-0.05, 0) is 33.8 Å². The summed E-state index contributed by atoms with van der Waals surface area (Å²) in [5, 5.41) is 28.4. The Balaban J connectivity index is 2.18. The topological polar surface area (TPSA) is 115 Å². The van der Waals surface area contributed by atoms with Crippen molar-refractivity contribution in [3.05, 3.63) is 39.8 Å². The Hall–Kier alpha value is -2.99. The van der Waals surface area contributed by atoms with Gasteiger partial charge in [-0.3, -0.25) is 0 Å². The second kappa shape index (κ2) is 5.53. The second-order valence-corrected chi connectivity index (χ2v) is 6.74. The van der Waals surface area contributed by atoms with Gasteiger partial charge in [-0.15, -0.1) is 0 Å². The van der Waals surface area contributed by atoms with Crippen LogP contribution in [0, 0.1) is 34.0 Å². The van der Waals surface area contributed by atoms with E-state index >= 15 is 0 Å². The van der Waals surface area contributed by atoms with Crippen LogP contribution >= 0.6 is 0 Å². The molecule has 0 radical (unpaired) electrons. The van der Waals surface area contributed by atoms with E-state index in [1.54, 1.807) is 24.3 Å². The van der Waals surface area contributed by atoms with Gasteiger partial charge in [0, 0.05) is 5.46 Å². The third kappa shape index (κ3) is 2.51. The molecule has 0 bridgehead atoms. The molecule has 7 nitrogen and oxygen atoms in total. The molecular formula is C17H14BN5O2. The molecule has 0 saturated carbocycles. The van der Waals surface area contributed by atoms with Crippen LogP contribution < -0.4 is 16.2 Å². The van der Waals surface area contributed by atoms with E-state index in [2.05, 4.69) is 16.1 Å². The molecule has 0 unspecified atom stereocenters. The average molecular weight is 331 g/mol. The maximum atomic E-state index is 9.63. The van der Waals surface area contributed by atoms with Crippen LogP contribution in [-0.2, 0) is 9.31 Å². The molecule has 1 saturated heterocycles. The van der Waals surface area contributed by atoms with Crippen LogP contribution in [0.3, 0.4) is 0 Å². The van der Waals surface area contributed by atoms with Gasteiger partial charge in [0.15, 0.2) is 11.4 Å². The molecule has 8 heteroatoms. The molecule has 3 rings (SSSR count). The van der Waals surface area contributed by atoms with Crippen LogP contribution in [0.15, 0.2) is 33.5 Å². The summed E-state index contributed by atoms with van der Waals surface area (Å²) in [7, 11) is -0.709. The fourth-order valence-electron chi connectivity index (χ4n) is 2.56. The summed E-state index contributed by atoms with van der Waals surface area (Å²) in [6, 6.07) is 9.02. The number of benzene rings is 1. The minimum absolute atomic E-state index is 0.0163. The zero-order valence-electron chi connectivity index (χ0n) is 14.3. The first-order valence-electron chi connectivity index (χ1n) is 7.64. The number of fused-ring (bicyclic) bond motifs is 1. The molecule has 2 aliphatic heterocycles. The van der Waals surface area contributed by atoms with E-state index in [-0.39, 0.29) is 17.0 Å². The van der Waals surface area contributed by atoms with Crippen molar-refractivity contribution >= 4 is 12.6 Å². The van der Waals surface area contributed by atoms with Gasteiger partial charge in [0.25, 0.3) is 0 Å². The SMILES string of the molecule is CC1(C)OB(c2ccc3c(c2C#N)=NC(=C(C#N)C#N)N=3)OC1(C)C. The van der Waals surface area contributed by atoms with Crippen molar-refractivity contribution in [1.82, 2.24) is 0 Å². The summed E-state index contributed by atoms with van der Waals surface area (Å²) in [6.45, 7) is 7.72. The number of rotatable bonds is 1. The number of nitrogens with zero attached hydrogens (tertiary/aromatic N) is 5. The molecule has 2 heterocycles. The van der Waals surface area contributed by atoms with Crippen molar-refractivity contribution in [2.24, 2.45) is 9.98 Å². The Kier molecular flexibility index (Phi) is 3.73. The van der Waals surface area contributed by atoms with Crippen LogP contribution in [0.25, 0.3) is 0 Å². The minimum Gasteiger partial charge on any atom is -0.399 e. The second-order valence-electron chi connectivity index (χ2n) is 6.74. The molecule has 0 N–H and O–H groups in total. The third-order valence-corrected chi connectivity index (χ3v) is 4.70. The fraction of sp³-hybridized carbons (Fsp3) is 0.353. The predicted molar refractivity (Wildman–Crippen MR) is 87.4 cm³/mol. The molecule has 0 amide bonds. The molecule has 1 aromatic rings. The van der Waals surface area contributed by atoms with Crippen molar-refractivity contribution < 1.29 is 9.31 Å². The maximum absolute atomic E-state index is 9.63. The van der Waals surface area contributed by atoms with Gasteiger partial charge in [0.05, 0.1) is 22.1 Å². The predicted octanol–water partition coefficient (Wildman–Crippen LogP) is 0.369. The lowest BCUT2D eigenvalue weighted by molar-refractivity contribution is 0.00578. The van der Waals surface area contributed by atoms with E-state index in [1.165, 1.54) is 0 Å². The van der Waals surface area contributed by atoms with Crippen molar-refractivity contribution in [2.45, 2.75) is 38.9 Å².